The van der Waals surface area contributed by atoms with Gasteiger partial charge in [-0.2, -0.15) is 0 Å². The van der Waals surface area contributed by atoms with Gasteiger partial charge in [0.25, 0.3) is 15.9 Å². The van der Waals surface area contributed by atoms with Gasteiger partial charge >= 0.3 is 0 Å². The Hall–Kier alpha value is -2.54. The SMILES string of the molecule is Cc1ccc(S(=O)(=O)Nc2cccc(C(=O)Nc3cc(Cl)ccc3Cl)c2C)cc1. The van der Waals surface area contributed by atoms with Crippen LogP contribution in [0.3, 0.4) is 0 Å². The highest BCUT2D eigenvalue weighted by Gasteiger charge is 2.18. The minimum Gasteiger partial charge on any atom is -0.321 e. The summed E-state index contributed by atoms with van der Waals surface area (Å²) >= 11 is 12.1. The van der Waals surface area contributed by atoms with E-state index in [2.05, 4.69) is 10.0 Å². The number of halogens is 2. The van der Waals surface area contributed by atoms with Crippen molar-refractivity contribution < 1.29 is 13.2 Å². The maximum atomic E-state index is 12.7. The average Bonchev–Trinajstić information content (AvgIpc) is 2.66. The van der Waals surface area contributed by atoms with Crippen LogP contribution in [0.15, 0.2) is 65.6 Å². The highest BCUT2D eigenvalue weighted by Crippen LogP contribution is 2.28. The second-order valence-electron chi connectivity index (χ2n) is 6.47. The number of anilines is 2. The summed E-state index contributed by atoms with van der Waals surface area (Å²) in [6, 6.07) is 16.1. The van der Waals surface area contributed by atoms with E-state index in [1.54, 1.807) is 55.5 Å². The Morgan fingerprint density at radius 3 is 2.28 bits per heavy atom. The molecule has 0 radical (unpaired) electrons. The number of hydrogen-bond donors (Lipinski definition) is 2. The summed E-state index contributed by atoms with van der Waals surface area (Å²) in [5.41, 5.74) is 2.44. The Morgan fingerprint density at radius 2 is 1.59 bits per heavy atom. The minimum atomic E-state index is -3.79. The van der Waals surface area contributed by atoms with Crippen LogP contribution in [0.5, 0.6) is 0 Å². The van der Waals surface area contributed by atoms with Gasteiger partial charge in [-0.05, 0) is 61.9 Å². The lowest BCUT2D eigenvalue weighted by Gasteiger charge is -2.14. The van der Waals surface area contributed by atoms with E-state index in [0.29, 0.717) is 32.5 Å². The fraction of sp³-hybridized carbons (Fsp3) is 0.0952. The molecule has 5 nitrogen and oxygen atoms in total. The van der Waals surface area contributed by atoms with Crippen LogP contribution in [0.25, 0.3) is 0 Å². The largest absolute Gasteiger partial charge is 0.321 e. The zero-order valence-electron chi connectivity index (χ0n) is 15.7. The Bertz CT molecular complexity index is 1180. The van der Waals surface area contributed by atoms with Gasteiger partial charge in [0.1, 0.15) is 0 Å². The van der Waals surface area contributed by atoms with E-state index in [4.69, 9.17) is 23.2 Å². The van der Waals surface area contributed by atoms with Crippen molar-refractivity contribution in [3.8, 4) is 0 Å². The molecule has 0 fully saturated rings. The number of aryl methyl sites for hydroxylation is 1. The molecule has 0 saturated heterocycles. The molecule has 3 aromatic carbocycles. The molecule has 29 heavy (non-hydrogen) atoms. The van der Waals surface area contributed by atoms with Gasteiger partial charge in [0, 0.05) is 10.6 Å². The molecule has 0 saturated carbocycles. The summed E-state index contributed by atoms with van der Waals surface area (Å²) in [4.78, 5) is 12.9. The Labute approximate surface area is 179 Å². The highest BCUT2D eigenvalue weighted by molar-refractivity contribution is 7.92. The van der Waals surface area contributed by atoms with E-state index < -0.39 is 15.9 Å². The van der Waals surface area contributed by atoms with E-state index in [-0.39, 0.29) is 4.90 Å². The summed E-state index contributed by atoms with van der Waals surface area (Å²) in [6.45, 7) is 3.55. The van der Waals surface area contributed by atoms with E-state index in [0.717, 1.165) is 5.56 Å². The quantitative estimate of drug-likeness (QED) is 0.528. The summed E-state index contributed by atoms with van der Waals surface area (Å²) < 4.78 is 27.9. The van der Waals surface area contributed by atoms with E-state index in [1.165, 1.54) is 12.1 Å². The van der Waals surface area contributed by atoms with Crippen LogP contribution in [0.4, 0.5) is 11.4 Å². The first kappa shape index (κ1) is 21.2. The van der Waals surface area contributed by atoms with E-state index in [9.17, 15) is 13.2 Å². The molecule has 2 N–H and O–H groups in total. The van der Waals surface area contributed by atoms with Crippen LogP contribution in [0, 0.1) is 13.8 Å². The van der Waals surface area contributed by atoms with E-state index in [1.807, 2.05) is 6.92 Å². The summed E-state index contributed by atoms with van der Waals surface area (Å²) in [7, 11) is -3.79. The highest BCUT2D eigenvalue weighted by atomic mass is 35.5. The number of rotatable bonds is 5. The van der Waals surface area contributed by atoms with Crippen molar-refractivity contribution in [3.05, 3.63) is 87.4 Å². The standard InChI is InChI=1S/C21H18Cl2N2O3S/c1-13-6-9-16(10-7-13)29(27,28)25-19-5-3-4-17(14(19)2)21(26)24-20-12-15(22)8-11-18(20)23/h3-12,25H,1-2H3,(H,24,26). The normalized spacial score (nSPS) is 11.2. The van der Waals surface area contributed by atoms with Gasteiger partial charge in [-0.3, -0.25) is 9.52 Å². The fourth-order valence-electron chi connectivity index (χ4n) is 2.70. The molecule has 0 atom stereocenters. The maximum absolute atomic E-state index is 12.7. The molecular formula is C21H18Cl2N2O3S. The predicted octanol–water partition coefficient (Wildman–Crippen LogP) is 5.66. The van der Waals surface area contributed by atoms with E-state index >= 15 is 0 Å². The number of sulfonamides is 1. The summed E-state index contributed by atoms with van der Waals surface area (Å²) in [5, 5.41) is 3.48. The van der Waals surface area contributed by atoms with Crippen molar-refractivity contribution >= 4 is 50.5 Å². The second kappa shape index (κ2) is 8.45. The van der Waals surface area contributed by atoms with Crippen LogP contribution >= 0.6 is 23.2 Å². The predicted molar refractivity (Wildman–Crippen MR) is 118 cm³/mol. The average molecular weight is 449 g/mol. The minimum absolute atomic E-state index is 0.142. The third kappa shape index (κ3) is 4.90. The molecule has 0 aromatic heterocycles. The molecular weight excluding hydrogens is 431 g/mol. The zero-order valence-corrected chi connectivity index (χ0v) is 18.0. The Balaban J connectivity index is 1.88. The van der Waals surface area contributed by atoms with Crippen molar-refractivity contribution in [1.82, 2.24) is 0 Å². The maximum Gasteiger partial charge on any atom is 0.261 e. The van der Waals surface area contributed by atoms with Crippen molar-refractivity contribution in [2.75, 3.05) is 10.0 Å². The third-order valence-electron chi connectivity index (χ3n) is 4.33. The molecule has 1 amide bonds. The van der Waals surface area contributed by atoms with Gasteiger partial charge in [-0.15, -0.1) is 0 Å². The first-order chi connectivity index (χ1) is 13.7. The van der Waals surface area contributed by atoms with Crippen molar-refractivity contribution in [2.45, 2.75) is 18.7 Å². The monoisotopic (exact) mass is 448 g/mol. The molecule has 0 heterocycles. The lowest BCUT2D eigenvalue weighted by atomic mass is 10.1. The van der Waals surface area contributed by atoms with Crippen molar-refractivity contribution in [1.29, 1.82) is 0 Å². The van der Waals surface area contributed by atoms with Gasteiger partial charge in [0.15, 0.2) is 0 Å². The van der Waals surface area contributed by atoms with Crippen LogP contribution in [-0.2, 0) is 10.0 Å². The molecule has 3 aromatic rings. The molecule has 8 heteroatoms. The molecule has 150 valence electrons. The smallest absolute Gasteiger partial charge is 0.261 e. The molecule has 3 rings (SSSR count). The number of nitrogens with one attached hydrogen (secondary N) is 2. The fourth-order valence-corrected chi connectivity index (χ4v) is 4.16. The molecule has 0 unspecified atom stereocenters. The lowest BCUT2D eigenvalue weighted by Crippen LogP contribution is -2.17. The molecule has 0 aliphatic rings. The number of hydrogen-bond acceptors (Lipinski definition) is 3. The first-order valence-electron chi connectivity index (χ1n) is 8.63. The Kier molecular flexibility index (Phi) is 6.17. The molecule has 0 aliphatic carbocycles. The lowest BCUT2D eigenvalue weighted by molar-refractivity contribution is 0.102. The number of amides is 1. The van der Waals surface area contributed by atoms with Crippen LogP contribution in [-0.4, -0.2) is 14.3 Å². The first-order valence-corrected chi connectivity index (χ1v) is 10.9. The van der Waals surface area contributed by atoms with Gasteiger partial charge in [-0.25, -0.2) is 8.42 Å². The van der Waals surface area contributed by atoms with Crippen LogP contribution < -0.4 is 10.0 Å². The van der Waals surface area contributed by atoms with Gasteiger partial charge in [-0.1, -0.05) is 47.0 Å². The van der Waals surface area contributed by atoms with Gasteiger partial charge in [0.2, 0.25) is 0 Å². The Morgan fingerprint density at radius 1 is 0.897 bits per heavy atom. The van der Waals surface area contributed by atoms with Crippen molar-refractivity contribution in [3.63, 3.8) is 0 Å². The number of carbonyl (C=O) groups is 1. The summed E-state index contributed by atoms with van der Waals surface area (Å²) in [5.74, 6) is -0.428. The topological polar surface area (TPSA) is 75.3 Å². The van der Waals surface area contributed by atoms with Gasteiger partial charge < -0.3 is 5.32 Å². The number of benzene rings is 3. The third-order valence-corrected chi connectivity index (χ3v) is 6.28. The number of carbonyl (C=O) groups excluding carboxylic acids is 1. The zero-order chi connectivity index (χ0) is 21.2. The molecule has 0 spiro atoms. The van der Waals surface area contributed by atoms with Crippen LogP contribution in [0.2, 0.25) is 10.0 Å². The summed E-state index contributed by atoms with van der Waals surface area (Å²) in [6.07, 6.45) is 0. The van der Waals surface area contributed by atoms with Crippen molar-refractivity contribution in [2.24, 2.45) is 0 Å². The van der Waals surface area contributed by atoms with Gasteiger partial charge in [0.05, 0.1) is 21.3 Å². The van der Waals surface area contributed by atoms with Crippen LogP contribution in [0.1, 0.15) is 21.5 Å². The molecule has 0 aliphatic heterocycles. The molecule has 0 bridgehead atoms. The second-order valence-corrected chi connectivity index (χ2v) is 9.00.